The van der Waals surface area contributed by atoms with Crippen molar-refractivity contribution in [2.24, 2.45) is 0 Å². The third-order valence-corrected chi connectivity index (χ3v) is 6.17. The van der Waals surface area contributed by atoms with Crippen LogP contribution in [-0.2, 0) is 0 Å². The Kier molecular flexibility index (Phi) is 7.58. The number of ether oxygens (including phenoxy) is 1. The van der Waals surface area contributed by atoms with Crippen molar-refractivity contribution in [2.45, 2.75) is 13.0 Å². The van der Waals surface area contributed by atoms with Gasteiger partial charge in [-0.25, -0.2) is 4.79 Å². The second-order valence-electron chi connectivity index (χ2n) is 7.87. The van der Waals surface area contributed by atoms with Crippen LogP contribution in [0.25, 0.3) is 0 Å². The molecule has 7 heteroatoms. The highest BCUT2D eigenvalue weighted by Gasteiger charge is 2.36. The van der Waals surface area contributed by atoms with Crippen LogP contribution < -0.4 is 9.64 Å². The van der Waals surface area contributed by atoms with Crippen molar-refractivity contribution in [3.63, 3.8) is 0 Å². The second-order valence-corrected chi connectivity index (χ2v) is 8.31. The zero-order valence-corrected chi connectivity index (χ0v) is 18.5. The Morgan fingerprint density at radius 1 is 1.17 bits per heavy atom. The minimum atomic E-state index is -0.574. The van der Waals surface area contributed by atoms with E-state index in [0.29, 0.717) is 30.4 Å². The van der Waals surface area contributed by atoms with Crippen LogP contribution in [0.2, 0.25) is 5.02 Å². The number of hydrogen-bond acceptors (Lipinski definition) is 3. The molecule has 0 saturated carbocycles. The minimum absolute atomic E-state index is 0.0155. The molecule has 2 amide bonds. The van der Waals surface area contributed by atoms with E-state index in [0.717, 1.165) is 29.8 Å². The Balaban J connectivity index is 1.51. The molecule has 2 aromatic carbocycles. The normalized spacial score (nSPS) is 16.7. The molecule has 1 fully saturated rings. The molecule has 1 heterocycles. The summed E-state index contributed by atoms with van der Waals surface area (Å²) in [6.07, 6.45) is -0.574. The fourth-order valence-electron chi connectivity index (χ4n) is 3.91. The van der Waals surface area contributed by atoms with Gasteiger partial charge < -0.3 is 19.2 Å². The Morgan fingerprint density at radius 2 is 1.80 bits per heavy atom. The Labute approximate surface area is 183 Å². The smallest absolute Gasteiger partial charge is 0.324 e. The first-order valence-corrected chi connectivity index (χ1v) is 10.8. The Morgan fingerprint density at radius 3 is 2.40 bits per heavy atom. The number of nitrogens with zero attached hydrogens (tertiary/aromatic N) is 3. The maximum atomic E-state index is 12.9. The third-order valence-electron chi connectivity index (χ3n) is 5.91. The number of para-hydroxylation sites is 1. The molecule has 1 aliphatic rings. The largest absolute Gasteiger partial charge is 0.491 e. The molecule has 1 atom stereocenters. The number of hydrogen-bond donors (Lipinski definition) is 1. The molecule has 1 N–H and O–H groups in total. The molecule has 3 rings (SSSR count). The van der Waals surface area contributed by atoms with Crippen molar-refractivity contribution >= 4 is 23.3 Å². The van der Waals surface area contributed by atoms with Gasteiger partial charge in [-0.15, -0.1) is 0 Å². The van der Waals surface area contributed by atoms with Gasteiger partial charge in [0.25, 0.3) is 0 Å². The number of carbonyl (C=O) groups excluding carboxylic acids is 1. The van der Waals surface area contributed by atoms with E-state index in [1.807, 2.05) is 42.3 Å². The Bertz CT molecular complexity index is 808. The van der Waals surface area contributed by atoms with Crippen molar-refractivity contribution in [3.8, 4) is 5.75 Å². The van der Waals surface area contributed by atoms with Gasteiger partial charge in [-0.05, 0) is 43.3 Å². The molecule has 1 saturated heterocycles. The molecule has 2 aromatic rings. The van der Waals surface area contributed by atoms with E-state index in [2.05, 4.69) is 6.92 Å². The molecule has 0 aliphatic carbocycles. The number of benzene rings is 2. The summed E-state index contributed by atoms with van der Waals surface area (Å²) in [5.41, 5.74) is 0.888. The number of quaternary nitrogens is 1. The quantitative estimate of drug-likeness (QED) is 0.681. The highest BCUT2D eigenvalue weighted by molar-refractivity contribution is 6.30. The number of carbonyl (C=O) groups is 1. The maximum absolute atomic E-state index is 12.9. The van der Waals surface area contributed by atoms with Crippen molar-refractivity contribution in [3.05, 3.63) is 59.6 Å². The molecule has 0 radical (unpaired) electrons. The summed E-state index contributed by atoms with van der Waals surface area (Å²) in [5.74, 6) is 0.695. The van der Waals surface area contributed by atoms with Crippen molar-refractivity contribution in [2.75, 3.05) is 57.8 Å². The van der Waals surface area contributed by atoms with Crippen LogP contribution in [0.1, 0.15) is 6.92 Å². The van der Waals surface area contributed by atoms with E-state index in [9.17, 15) is 9.90 Å². The van der Waals surface area contributed by atoms with Crippen LogP contribution >= 0.6 is 11.6 Å². The van der Waals surface area contributed by atoms with Crippen LogP contribution in [0.3, 0.4) is 0 Å². The van der Waals surface area contributed by atoms with Gasteiger partial charge in [0.05, 0.1) is 32.7 Å². The number of halogens is 1. The predicted molar refractivity (Wildman–Crippen MR) is 120 cm³/mol. The van der Waals surface area contributed by atoms with Crippen molar-refractivity contribution in [1.29, 1.82) is 0 Å². The highest BCUT2D eigenvalue weighted by Crippen LogP contribution is 2.19. The van der Waals surface area contributed by atoms with Gasteiger partial charge >= 0.3 is 6.03 Å². The molecule has 0 aromatic heterocycles. The van der Waals surface area contributed by atoms with Gasteiger partial charge in [0.2, 0.25) is 0 Å². The SMILES string of the molecule is CC[N+]1(CC(O)COc2ccc(Cl)cc2)CCN(C(=O)N(C)c2ccccc2)CC1. The zero-order chi connectivity index (χ0) is 21.6. The van der Waals surface area contributed by atoms with Crippen LogP contribution in [0.5, 0.6) is 5.75 Å². The van der Waals surface area contributed by atoms with Gasteiger partial charge in [0.15, 0.2) is 0 Å². The van der Waals surface area contributed by atoms with E-state index in [1.165, 1.54) is 0 Å². The average Bonchev–Trinajstić information content (AvgIpc) is 2.79. The van der Waals surface area contributed by atoms with E-state index in [4.69, 9.17) is 16.3 Å². The van der Waals surface area contributed by atoms with Gasteiger partial charge in [-0.1, -0.05) is 29.8 Å². The minimum Gasteiger partial charge on any atom is -0.491 e. The van der Waals surface area contributed by atoms with Crippen molar-refractivity contribution in [1.82, 2.24) is 4.90 Å². The maximum Gasteiger partial charge on any atom is 0.324 e. The molecule has 6 nitrogen and oxygen atoms in total. The molecule has 0 spiro atoms. The van der Waals surface area contributed by atoms with Gasteiger partial charge in [0.1, 0.15) is 25.0 Å². The first-order valence-electron chi connectivity index (χ1n) is 10.4. The summed E-state index contributed by atoms with van der Waals surface area (Å²) < 4.78 is 6.49. The van der Waals surface area contributed by atoms with Gasteiger partial charge in [0, 0.05) is 17.8 Å². The first kappa shape index (κ1) is 22.4. The molecular formula is C23H31ClN3O3+. The zero-order valence-electron chi connectivity index (χ0n) is 17.7. The van der Waals surface area contributed by atoms with Crippen LogP contribution in [0, 0.1) is 0 Å². The lowest BCUT2D eigenvalue weighted by Gasteiger charge is -2.45. The predicted octanol–water partition coefficient (Wildman–Crippen LogP) is 3.49. The van der Waals surface area contributed by atoms with Crippen LogP contribution in [0.4, 0.5) is 10.5 Å². The summed E-state index contributed by atoms with van der Waals surface area (Å²) in [6.45, 7) is 6.89. The Hall–Kier alpha value is -2.28. The lowest BCUT2D eigenvalue weighted by atomic mass is 10.2. The van der Waals surface area contributed by atoms with E-state index in [1.54, 1.807) is 29.2 Å². The van der Waals surface area contributed by atoms with Gasteiger partial charge in [-0.2, -0.15) is 0 Å². The van der Waals surface area contributed by atoms with Crippen LogP contribution in [0.15, 0.2) is 54.6 Å². The third kappa shape index (κ3) is 5.65. The summed E-state index contributed by atoms with van der Waals surface area (Å²) >= 11 is 5.89. The topological polar surface area (TPSA) is 53.0 Å². The number of aliphatic hydroxyl groups excluding tert-OH is 1. The molecule has 1 aliphatic heterocycles. The fourth-order valence-corrected chi connectivity index (χ4v) is 4.03. The van der Waals surface area contributed by atoms with E-state index < -0.39 is 6.10 Å². The molecule has 162 valence electrons. The lowest BCUT2D eigenvalue weighted by molar-refractivity contribution is -0.932. The van der Waals surface area contributed by atoms with Crippen LogP contribution in [-0.4, -0.2) is 79.5 Å². The summed E-state index contributed by atoms with van der Waals surface area (Å²) in [7, 11) is 1.81. The monoisotopic (exact) mass is 432 g/mol. The summed E-state index contributed by atoms with van der Waals surface area (Å²) in [6, 6.07) is 16.8. The van der Waals surface area contributed by atoms with E-state index >= 15 is 0 Å². The van der Waals surface area contributed by atoms with Gasteiger partial charge in [-0.3, -0.25) is 4.90 Å². The number of likely N-dealkylation sites (N-methyl/N-ethyl adjacent to an activating group) is 1. The second kappa shape index (κ2) is 10.2. The highest BCUT2D eigenvalue weighted by atomic mass is 35.5. The average molecular weight is 433 g/mol. The number of anilines is 1. The fraction of sp³-hybridized carbons (Fsp3) is 0.435. The van der Waals surface area contributed by atoms with Crippen molar-refractivity contribution < 1.29 is 19.1 Å². The first-order chi connectivity index (χ1) is 14.4. The number of urea groups is 1. The molecular weight excluding hydrogens is 402 g/mol. The number of piperazine rings is 1. The summed E-state index contributed by atoms with van der Waals surface area (Å²) in [5, 5.41) is 11.2. The molecule has 30 heavy (non-hydrogen) atoms. The van der Waals surface area contributed by atoms with E-state index in [-0.39, 0.29) is 12.6 Å². The molecule has 0 bridgehead atoms. The number of amides is 2. The lowest BCUT2D eigenvalue weighted by Crippen LogP contribution is -2.63. The summed E-state index contributed by atoms with van der Waals surface area (Å²) in [4.78, 5) is 16.5. The number of aliphatic hydroxyl groups is 1. The number of rotatable bonds is 7. The standard InChI is InChI=1S/C23H31ClN3O3/c1-3-27(17-21(28)18-30-22-11-9-19(24)10-12-22)15-13-26(14-16-27)23(29)25(2)20-7-5-4-6-8-20/h4-12,21,28H,3,13-18H2,1-2H3/q+1. The molecule has 1 unspecified atom stereocenters.